The molecule has 0 saturated carbocycles. The fourth-order valence-corrected chi connectivity index (χ4v) is 1.64. The van der Waals surface area contributed by atoms with Crippen molar-refractivity contribution in [3.8, 4) is 0 Å². The highest BCUT2D eigenvalue weighted by atomic mass is 15.1. The van der Waals surface area contributed by atoms with Gasteiger partial charge < -0.3 is 4.90 Å². The van der Waals surface area contributed by atoms with E-state index in [1.54, 1.807) is 0 Å². The summed E-state index contributed by atoms with van der Waals surface area (Å²) in [6, 6.07) is 16.5. The molecule has 0 aliphatic rings. The lowest BCUT2D eigenvalue weighted by Crippen LogP contribution is -2.08. The third-order valence-electron chi connectivity index (χ3n) is 2.81. The van der Waals surface area contributed by atoms with Gasteiger partial charge in [0.1, 0.15) is 0 Å². The summed E-state index contributed by atoms with van der Waals surface area (Å²) >= 11 is 0. The Balaban J connectivity index is 2.11. The Morgan fingerprint density at radius 2 is 1.50 bits per heavy atom. The van der Waals surface area contributed by atoms with E-state index >= 15 is 0 Å². The molecule has 2 aromatic rings. The number of hydrogen-bond donors (Lipinski definition) is 0. The highest BCUT2D eigenvalue weighted by molar-refractivity contribution is 5.82. The van der Waals surface area contributed by atoms with E-state index in [0.29, 0.717) is 0 Å². The lowest BCUT2D eigenvalue weighted by atomic mass is 10.2. The van der Waals surface area contributed by atoms with Crippen molar-refractivity contribution >= 4 is 17.6 Å². The zero-order valence-electron chi connectivity index (χ0n) is 11.1. The van der Waals surface area contributed by atoms with Crippen molar-refractivity contribution in [2.75, 3.05) is 19.0 Å². The van der Waals surface area contributed by atoms with Crippen molar-refractivity contribution in [3.05, 3.63) is 59.7 Å². The Labute approximate surface area is 109 Å². The van der Waals surface area contributed by atoms with Gasteiger partial charge in [0, 0.05) is 26.0 Å². The van der Waals surface area contributed by atoms with Crippen molar-refractivity contribution in [1.29, 1.82) is 0 Å². The summed E-state index contributed by atoms with van der Waals surface area (Å²) in [6.45, 7) is 2.08. The molecule has 0 spiro atoms. The summed E-state index contributed by atoms with van der Waals surface area (Å²) in [5, 5.41) is 0. The molecule has 92 valence electrons. The largest absolute Gasteiger partial charge is 0.378 e. The quantitative estimate of drug-likeness (QED) is 0.742. The molecule has 0 bridgehead atoms. The highest BCUT2D eigenvalue weighted by Crippen LogP contribution is 2.14. The number of rotatable bonds is 3. The first-order chi connectivity index (χ1) is 8.65. The predicted octanol–water partition coefficient (Wildman–Crippen LogP) is 3.81. The number of benzene rings is 2. The second kappa shape index (κ2) is 5.50. The number of aryl methyl sites for hydroxylation is 1. The van der Waals surface area contributed by atoms with Crippen molar-refractivity contribution in [2.24, 2.45) is 4.99 Å². The van der Waals surface area contributed by atoms with E-state index in [4.69, 9.17) is 0 Å². The molecule has 0 aliphatic heterocycles. The van der Waals surface area contributed by atoms with Crippen LogP contribution in [0.5, 0.6) is 0 Å². The smallest absolute Gasteiger partial charge is 0.0630 e. The van der Waals surface area contributed by atoms with Gasteiger partial charge in [0.25, 0.3) is 0 Å². The van der Waals surface area contributed by atoms with E-state index in [1.165, 1.54) is 11.3 Å². The van der Waals surface area contributed by atoms with Crippen LogP contribution in [-0.4, -0.2) is 20.3 Å². The lowest BCUT2D eigenvalue weighted by molar-refractivity contribution is 1.13. The molecule has 0 amide bonds. The van der Waals surface area contributed by atoms with Crippen LogP contribution in [0.25, 0.3) is 0 Å². The van der Waals surface area contributed by atoms with Gasteiger partial charge in [-0.25, -0.2) is 0 Å². The molecule has 18 heavy (non-hydrogen) atoms. The second-order valence-corrected chi connectivity index (χ2v) is 4.58. The van der Waals surface area contributed by atoms with Crippen LogP contribution < -0.4 is 4.90 Å². The van der Waals surface area contributed by atoms with Crippen LogP contribution in [0, 0.1) is 6.92 Å². The van der Waals surface area contributed by atoms with Gasteiger partial charge in [-0.1, -0.05) is 29.8 Å². The van der Waals surface area contributed by atoms with Gasteiger partial charge in [0.2, 0.25) is 0 Å². The molecule has 0 unspecified atom stereocenters. The third-order valence-corrected chi connectivity index (χ3v) is 2.81. The maximum atomic E-state index is 4.45. The topological polar surface area (TPSA) is 15.6 Å². The molecule has 0 saturated heterocycles. The fraction of sp³-hybridized carbons (Fsp3) is 0.188. The maximum Gasteiger partial charge on any atom is 0.0630 e. The zero-order chi connectivity index (χ0) is 13.0. The van der Waals surface area contributed by atoms with Gasteiger partial charge in [-0.3, -0.25) is 4.99 Å². The Kier molecular flexibility index (Phi) is 3.78. The summed E-state index contributed by atoms with van der Waals surface area (Å²) in [4.78, 5) is 6.54. The SMILES string of the molecule is Cc1ccc(N=Cc2ccc(N(C)C)cc2)cc1. The van der Waals surface area contributed by atoms with Gasteiger partial charge in [-0.2, -0.15) is 0 Å². The van der Waals surface area contributed by atoms with Crippen LogP contribution >= 0.6 is 0 Å². The van der Waals surface area contributed by atoms with Crippen LogP contribution in [0.3, 0.4) is 0 Å². The molecule has 2 heteroatoms. The van der Waals surface area contributed by atoms with E-state index in [0.717, 1.165) is 11.3 Å². The molecule has 2 aromatic carbocycles. The van der Waals surface area contributed by atoms with Crippen molar-refractivity contribution in [2.45, 2.75) is 6.92 Å². The summed E-state index contributed by atoms with van der Waals surface area (Å²) in [5.41, 5.74) is 4.55. The minimum Gasteiger partial charge on any atom is -0.378 e. The van der Waals surface area contributed by atoms with Crippen molar-refractivity contribution in [3.63, 3.8) is 0 Å². The average molecular weight is 238 g/mol. The minimum atomic E-state index is 0.984. The van der Waals surface area contributed by atoms with E-state index in [2.05, 4.69) is 53.2 Å². The molecule has 0 heterocycles. The fourth-order valence-electron chi connectivity index (χ4n) is 1.64. The van der Waals surface area contributed by atoms with E-state index < -0.39 is 0 Å². The summed E-state index contributed by atoms with van der Waals surface area (Å²) in [7, 11) is 4.07. The van der Waals surface area contributed by atoms with Crippen LogP contribution in [-0.2, 0) is 0 Å². The predicted molar refractivity (Wildman–Crippen MR) is 79.2 cm³/mol. The molecule has 2 rings (SSSR count). The summed E-state index contributed by atoms with van der Waals surface area (Å²) < 4.78 is 0. The first-order valence-electron chi connectivity index (χ1n) is 6.03. The Hall–Kier alpha value is -2.09. The molecular weight excluding hydrogens is 220 g/mol. The molecule has 0 aromatic heterocycles. The van der Waals surface area contributed by atoms with Gasteiger partial charge >= 0.3 is 0 Å². The van der Waals surface area contributed by atoms with Gasteiger partial charge in [-0.05, 0) is 36.8 Å². The second-order valence-electron chi connectivity index (χ2n) is 4.58. The molecule has 0 radical (unpaired) electrons. The van der Waals surface area contributed by atoms with Crippen LogP contribution in [0.15, 0.2) is 53.5 Å². The molecule has 0 aliphatic carbocycles. The third kappa shape index (κ3) is 3.20. The monoisotopic (exact) mass is 238 g/mol. The molecule has 0 fully saturated rings. The zero-order valence-corrected chi connectivity index (χ0v) is 11.1. The number of anilines is 1. The molecule has 0 N–H and O–H groups in total. The van der Waals surface area contributed by atoms with E-state index in [-0.39, 0.29) is 0 Å². The average Bonchev–Trinajstić information content (AvgIpc) is 2.38. The standard InChI is InChI=1S/C16H18N2/c1-13-4-8-15(9-5-13)17-12-14-6-10-16(11-7-14)18(2)3/h4-12H,1-3H3. The van der Waals surface area contributed by atoms with Gasteiger partial charge in [-0.15, -0.1) is 0 Å². The van der Waals surface area contributed by atoms with Crippen molar-refractivity contribution in [1.82, 2.24) is 0 Å². The molecule has 2 nitrogen and oxygen atoms in total. The van der Waals surface area contributed by atoms with Gasteiger partial charge in [0.05, 0.1) is 5.69 Å². The van der Waals surface area contributed by atoms with Crippen LogP contribution in [0.4, 0.5) is 11.4 Å². The number of nitrogens with zero attached hydrogens (tertiary/aromatic N) is 2. The lowest BCUT2D eigenvalue weighted by Gasteiger charge is -2.11. The highest BCUT2D eigenvalue weighted by Gasteiger charge is 1.94. The number of aliphatic imine (C=N–C) groups is 1. The maximum absolute atomic E-state index is 4.45. The van der Waals surface area contributed by atoms with E-state index in [1.807, 2.05) is 32.4 Å². The number of hydrogen-bond acceptors (Lipinski definition) is 2. The Bertz CT molecular complexity index is 522. The first-order valence-corrected chi connectivity index (χ1v) is 6.03. The Morgan fingerprint density at radius 1 is 0.889 bits per heavy atom. The Morgan fingerprint density at radius 3 is 2.06 bits per heavy atom. The van der Waals surface area contributed by atoms with Crippen molar-refractivity contribution < 1.29 is 0 Å². The summed E-state index contributed by atoms with van der Waals surface area (Å²) in [5.74, 6) is 0. The molecular formula is C16H18N2. The summed E-state index contributed by atoms with van der Waals surface area (Å²) in [6.07, 6.45) is 1.89. The normalized spacial score (nSPS) is 10.8. The van der Waals surface area contributed by atoms with Crippen LogP contribution in [0.2, 0.25) is 0 Å². The molecule has 0 atom stereocenters. The van der Waals surface area contributed by atoms with Gasteiger partial charge in [0.15, 0.2) is 0 Å². The minimum absolute atomic E-state index is 0.984. The van der Waals surface area contributed by atoms with E-state index in [9.17, 15) is 0 Å². The van der Waals surface area contributed by atoms with Crippen LogP contribution in [0.1, 0.15) is 11.1 Å². The first kappa shape index (κ1) is 12.4.